The molecule has 4 rings (SSSR count). The molecule has 0 bridgehead atoms. The first-order valence-corrected chi connectivity index (χ1v) is 9.89. The second-order valence-corrected chi connectivity index (χ2v) is 7.40. The number of hydrogen-bond donors (Lipinski definition) is 3. The van der Waals surface area contributed by atoms with Gasteiger partial charge in [0.05, 0.1) is 36.2 Å². The van der Waals surface area contributed by atoms with Gasteiger partial charge in [0, 0.05) is 23.5 Å². The number of amides is 1. The van der Waals surface area contributed by atoms with E-state index in [0.29, 0.717) is 17.9 Å². The van der Waals surface area contributed by atoms with E-state index >= 15 is 0 Å². The van der Waals surface area contributed by atoms with Gasteiger partial charge in [-0.25, -0.2) is 9.37 Å². The molecule has 1 atom stereocenters. The fourth-order valence-corrected chi connectivity index (χ4v) is 3.36. The minimum Gasteiger partial charge on any atom is -0.391 e. The van der Waals surface area contributed by atoms with Crippen LogP contribution in [0.5, 0.6) is 0 Å². The summed E-state index contributed by atoms with van der Waals surface area (Å²) < 4.78 is 17.9. The standard InChI is InChI=1S/C22H22FN7O2/c1-4-20(32)26-15-5-6-19-17(7-15)13(2)10-30(19)21-18(23)9-24-22(28-21)27-16-8-25-29(12-16)11-14(3)31/h4-10,12,14,31H,1,11H2,2-3H3,(H,26,32)(H,24,27,28). The van der Waals surface area contributed by atoms with Crippen molar-refractivity contribution in [3.05, 3.63) is 67.0 Å². The number of aliphatic hydroxyl groups excluding tert-OH is 1. The van der Waals surface area contributed by atoms with Crippen LogP contribution >= 0.6 is 0 Å². The van der Waals surface area contributed by atoms with E-state index in [9.17, 15) is 14.3 Å². The summed E-state index contributed by atoms with van der Waals surface area (Å²) in [5.74, 6) is -0.607. The van der Waals surface area contributed by atoms with Gasteiger partial charge in [-0.2, -0.15) is 10.1 Å². The number of carbonyl (C=O) groups excluding carboxylic acids is 1. The molecule has 0 fully saturated rings. The molecule has 9 nitrogen and oxygen atoms in total. The third kappa shape index (κ3) is 4.35. The van der Waals surface area contributed by atoms with Gasteiger partial charge in [0.1, 0.15) is 0 Å². The summed E-state index contributed by atoms with van der Waals surface area (Å²) in [6.45, 7) is 7.36. The second kappa shape index (κ2) is 8.60. The number of rotatable bonds is 7. The number of halogens is 1. The van der Waals surface area contributed by atoms with E-state index in [1.165, 1.54) is 6.08 Å². The first-order valence-electron chi connectivity index (χ1n) is 9.89. The summed E-state index contributed by atoms with van der Waals surface area (Å²) in [6.07, 6.45) is 6.81. The lowest BCUT2D eigenvalue weighted by atomic mass is 10.2. The van der Waals surface area contributed by atoms with Crippen LogP contribution in [0.15, 0.2) is 55.6 Å². The Labute approximate surface area is 183 Å². The Balaban J connectivity index is 1.67. The minimum atomic E-state index is -0.582. The predicted octanol–water partition coefficient (Wildman–Crippen LogP) is 3.31. The van der Waals surface area contributed by atoms with Crippen LogP contribution in [0.2, 0.25) is 0 Å². The first kappa shape index (κ1) is 21.2. The number of aromatic nitrogens is 5. The molecule has 0 spiro atoms. The van der Waals surface area contributed by atoms with Crippen LogP contribution in [0.1, 0.15) is 12.5 Å². The molecule has 0 aliphatic rings. The average Bonchev–Trinajstić information content (AvgIpc) is 3.32. The van der Waals surface area contributed by atoms with Crippen molar-refractivity contribution in [2.45, 2.75) is 26.5 Å². The number of aliphatic hydroxyl groups is 1. The summed E-state index contributed by atoms with van der Waals surface area (Å²) in [7, 11) is 0. The van der Waals surface area contributed by atoms with Gasteiger partial charge in [-0.15, -0.1) is 0 Å². The van der Waals surface area contributed by atoms with E-state index in [0.717, 1.165) is 22.7 Å². The van der Waals surface area contributed by atoms with E-state index in [1.807, 2.05) is 13.0 Å². The Bertz CT molecular complexity index is 1310. The van der Waals surface area contributed by atoms with Crippen molar-refractivity contribution in [1.29, 1.82) is 0 Å². The van der Waals surface area contributed by atoms with Crippen LogP contribution in [0, 0.1) is 12.7 Å². The molecular weight excluding hydrogens is 413 g/mol. The molecule has 164 valence electrons. The highest BCUT2D eigenvalue weighted by molar-refractivity contribution is 6.00. The molecule has 0 saturated heterocycles. The molecule has 10 heteroatoms. The lowest BCUT2D eigenvalue weighted by Gasteiger charge is -2.09. The third-order valence-electron chi connectivity index (χ3n) is 4.75. The van der Waals surface area contributed by atoms with Gasteiger partial charge in [-0.05, 0) is 43.7 Å². The molecular formula is C22H22FN7O2. The van der Waals surface area contributed by atoms with E-state index in [2.05, 4.69) is 32.3 Å². The van der Waals surface area contributed by atoms with Gasteiger partial charge >= 0.3 is 0 Å². The fraction of sp³-hybridized carbons (Fsp3) is 0.182. The normalized spacial score (nSPS) is 12.0. The Hall–Kier alpha value is -4.05. The van der Waals surface area contributed by atoms with Crippen LogP contribution in [0.25, 0.3) is 16.7 Å². The maximum atomic E-state index is 14.7. The number of anilines is 3. The van der Waals surface area contributed by atoms with Crippen LogP contribution < -0.4 is 10.6 Å². The van der Waals surface area contributed by atoms with E-state index in [4.69, 9.17) is 0 Å². The maximum absolute atomic E-state index is 14.7. The monoisotopic (exact) mass is 435 g/mol. The number of nitrogens with zero attached hydrogens (tertiary/aromatic N) is 5. The van der Waals surface area contributed by atoms with Gasteiger partial charge in [-0.3, -0.25) is 14.0 Å². The number of nitrogens with one attached hydrogen (secondary N) is 2. The maximum Gasteiger partial charge on any atom is 0.247 e. The molecule has 3 N–H and O–H groups in total. The van der Waals surface area contributed by atoms with Crippen molar-refractivity contribution < 1.29 is 14.3 Å². The Kier molecular flexibility index (Phi) is 5.69. The molecule has 3 heterocycles. The van der Waals surface area contributed by atoms with Gasteiger partial charge < -0.3 is 15.7 Å². The van der Waals surface area contributed by atoms with Gasteiger partial charge in [0.25, 0.3) is 0 Å². The van der Waals surface area contributed by atoms with Gasteiger partial charge in [-0.1, -0.05) is 6.58 Å². The van der Waals surface area contributed by atoms with Crippen LogP contribution in [-0.4, -0.2) is 41.4 Å². The highest BCUT2D eigenvalue weighted by Crippen LogP contribution is 2.28. The number of benzene rings is 1. The molecule has 32 heavy (non-hydrogen) atoms. The van der Waals surface area contributed by atoms with E-state index < -0.39 is 11.9 Å². The minimum absolute atomic E-state index is 0.0832. The largest absolute Gasteiger partial charge is 0.391 e. The molecule has 0 aliphatic heterocycles. The summed E-state index contributed by atoms with van der Waals surface area (Å²) in [5, 5.41) is 20.2. The van der Waals surface area contributed by atoms with Gasteiger partial charge in [0.15, 0.2) is 11.6 Å². The van der Waals surface area contributed by atoms with Crippen LogP contribution in [0.4, 0.5) is 21.7 Å². The predicted molar refractivity (Wildman–Crippen MR) is 120 cm³/mol. The van der Waals surface area contributed by atoms with Crippen molar-refractivity contribution in [2.24, 2.45) is 0 Å². The van der Waals surface area contributed by atoms with Crippen molar-refractivity contribution in [3.8, 4) is 5.82 Å². The van der Waals surface area contributed by atoms with Crippen LogP contribution in [0.3, 0.4) is 0 Å². The van der Waals surface area contributed by atoms with Crippen LogP contribution in [-0.2, 0) is 11.3 Å². The molecule has 1 amide bonds. The zero-order valence-electron chi connectivity index (χ0n) is 17.6. The van der Waals surface area contributed by atoms with E-state index in [1.54, 1.807) is 46.9 Å². The molecule has 1 unspecified atom stereocenters. The number of hydrogen-bond acceptors (Lipinski definition) is 6. The molecule has 1 aromatic carbocycles. The molecule has 0 aliphatic carbocycles. The van der Waals surface area contributed by atoms with E-state index in [-0.39, 0.29) is 17.7 Å². The Morgan fingerprint density at radius 3 is 2.88 bits per heavy atom. The number of carbonyl (C=O) groups is 1. The van der Waals surface area contributed by atoms with Crippen molar-refractivity contribution in [1.82, 2.24) is 24.3 Å². The Morgan fingerprint density at radius 1 is 1.31 bits per heavy atom. The first-order chi connectivity index (χ1) is 15.3. The average molecular weight is 435 g/mol. The SMILES string of the molecule is C=CC(=O)Nc1ccc2c(c1)c(C)cn2-c1nc(Nc2cnn(CC(C)O)c2)ncc1F. The summed E-state index contributed by atoms with van der Waals surface area (Å²) in [4.78, 5) is 20.0. The lowest BCUT2D eigenvalue weighted by molar-refractivity contribution is -0.111. The summed E-state index contributed by atoms with van der Waals surface area (Å²) >= 11 is 0. The van der Waals surface area contributed by atoms with Crippen molar-refractivity contribution >= 4 is 34.1 Å². The lowest BCUT2D eigenvalue weighted by Crippen LogP contribution is -2.11. The fourth-order valence-electron chi connectivity index (χ4n) is 3.36. The molecule has 3 aromatic heterocycles. The zero-order valence-corrected chi connectivity index (χ0v) is 17.6. The summed E-state index contributed by atoms with van der Waals surface area (Å²) in [6, 6.07) is 5.33. The molecule has 4 aromatic rings. The Morgan fingerprint density at radius 2 is 2.12 bits per heavy atom. The highest BCUT2D eigenvalue weighted by Gasteiger charge is 2.15. The number of fused-ring (bicyclic) bond motifs is 1. The second-order valence-electron chi connectivity index (χ2n) is 7.40. The van der Waals surface area contributed by atoms with Crippen molar-refractivity contribution in [3.63, 3.8) is 0 Å². The van der Waals surface area contributed by atoms with Gasteiger partial charge in [0.2, 0.25) is 11.9 Å². The molecule has 0 saturated carbocycles. The zero-order chi connectivity index (χ0) is 22.8. The summed E-state index contributed by atoms with van der Waals surface area (Å²) in [5.41, 5.74) is 2.84. The highest BCUT2D eigenvalue weighted by atomic mass is 19.1. The van der Waals surface area contributed by atoms with Crippen molar-refractivity contribution in [2.75, 3.05) is 10.6 Å². The number of aryl methyl sites for hydroxylation is 1. The smallest absolute Gasteiger partial charge is 0.247 e. The molecule has 0 radical (unpaired) electrons. The topological polar surface area (TPSA) is 110 Å². The third-order valence-corrected chi connectivity index (χ3v) is 4.75. The quantitative estimate of drug-likeness (QED) is 0.384.